The van der Waals surface area contributed by atoms with Crippen LogP contribution in [-0.4, -0.2) is 31.8 Å². The van der Waals surface area contributed by atoms with Crippen LogP contribution in [0, 0.1) is 0 Å². The Kier molecular flexibility index (Phi) is 4.87. The molecule has 3 aromatic rings. The lowest BCUT2D eigenvalue weighted by Gasteiger charge is -2.08. The van der Waals surface area contributed by atoms with E-state index >= 15 is 0 Å². The summed E-state index contributed by atoms with van der Waals surface area (Å²) in [6.07, 6.45) is 3.77. The van der Waals surface area contributed by atoms with Crippen molar-refractivity contribution in [3.63, 3.8) is 0 Å². The summed E-state index contributed by atoms with van der Waals surface area (Å²) in [5, 5.41) is 0.782. The summed E-state index contributed by atoms with van der Waals surface area (Å²) in [4.78, 5) is 12.3. The molecule has 0 amide bonds. The number of carbonyl (C=O) groups excluding carboxylic acids is 1. The zero-order valence-corrected chi connectivity index (χ0v) is 15.8. The van der Waals surface area contributed by atoms with Gasteiger partial charge in [0.05, 0.1) is 17.0 Å². The summed E-state index contributed by atoms with van der Waals surface area (Å²) in [5.41, 5.74) is 1.99. The number of ether oxygens (including phenoxy) is 1. The maximum atomic E-state index is 12.2. The van der Waals surface area contributed by atoms with E-state index in [9.17, 15) is 13.2 Å². The smallest absolute Gasteiger partial charge is 0.227 e. The minimum Gasteiger partial charge on any atom is -0.494 e. The standard InChI is InChI=1S/C20H21NO4S/c1-4-11-25-15-9-10-19-17(12-15)18(13-21(19)14(2)22)16-7-5-6-8-20(16)26(3,23)24/h5-10,12-13H,4,11H2,1-3H3. The Balaban J connectivity index is 2.31. The van der Waals surface area contributed by atoms with Crippen LogP contribution >= 0.6 is 0 Å². The van der Waals surface area contributed by atoms with Gasteiger partial charge in [-0.05, 0) is 30.7 Å². The van der Waals surface area contributed by atoms with Gasteiger partial charge < -0.3 is 4.74 Å². The second kappa shape index (κ2) is 6.96. The topological polar surface area (TPSA) is 65.4 Å². The second-order valence-corrected chi connectivity index (χ2v) is 8.21. The van der Waals surface area contributed by atoms with Crippen molar-refractivity contribution in [3.05, 3.63) is 48.7 Å². The van der Waals surface area contributed by atoms with E-state index in [4.69, 9.17) is 4.74 Å². The average Bonchev–Trinajstić information content (AvgIpc) is 2.98. The number of hydrogen-bond donors (Lipinski definition) is 0. The Bertz CT molecular complexity index is 1080. The lowest BCUT2D eigenvalue weighted by molar-refractivity contribution is 0.0941. The molecule has 0 N–H and O–H groups in total. The van der Waals surface area contributed by atoms with Gasteiger partial charge in [0.15, 0.2) is 9.84 Å². The summed E-state index contributed by atoms with van der Waals surface area (Å²) in [6, 6.07) is 12.3. The van der Waals surface area contributed by atoms with E-state index in [0.717, 1.165) is 17.3 Å². The average molecular weight is 371 g/mol. The molecule has 0 fully saturated rings. The quantitative estimate of drug-likeness (QED) is 0.675. The molecule has 26 heavy (non-hydrogen) atoms. The molecule has 2 aromatic carbocycles. The van der Waals surface area contributed by atoms with Gasteiger partial charge >= 0.3 is 0 Å². The Hall–Kier alpha value is -2.60. The van der Waals surface area contributed by atoms with Gasteiger partial charge in [0.2, 0.25) is 5.91 Å². The molecule has 0 saturated heterocycles. The summed E-state index contributed by atoms with van der Waals surface area (Å²) in [6.45, 7) is 4.10. The van der Waals surface area contributed by atoms with Crippen molar-refractivity contribution < 1.29 is 17.9 Å². The van der Waals surface area contributed by atoms with E-state index < -0.39 is 9.84 Å². The Labute approximate surface area is 153 Å². The monoisotopic (exact) mass is 371 g/mol. The van der Waals surface area contributed by atoms with Crippen LogP contribution in [0.5, 0.6) is 5.75 Å². The fraction of sp³-hybridized carbons (Fsp3) is 0.250. The molecule has 0 radical (unpaired) electrons. The zero-order valence-electron chi connectivity index (χ0n) is 15.0. The molecule has 0 unspecified atom stereocenters. The fourth-order valence-electron chi connectivity index (χ4n) is 3.01. The third-order valence-corrected chi connectivity index (χ3v) is 5.32. The van der Waals surface area contributed by atoms with Crippen LogP contribution in [0.25, 0.3) is 22.0 Å². The van der Waals surface area contributed by atoms with Crippen molar-refractivity contribution in [2.75, 3.05) is 12.9 Å². The van der Waals surface area contributed by atoms with Gasteiger partial charge in [-0.25, -0.2) is 8.42 Å². The molecule has 136 valence electrons. The number of hydrogen-bond acceptors (Lipinski definition) is 4. The van der Waals surface area contributed by atoms with E-state index in [0.29, 0.717) is 23.5 Å². The van der Waals surface area contributed by atoms with E-state index in [-0.39, 0.29) is 10.8 Å². The van der Waals surface area contributed by atoms with Crippen LogP contribution in [0.4, 0.5) is 0 Å². The molecule has 0 aliphatic rings. The molecule has 0 aliphatic heterocycles. The maximum Gasteiger partial charge on any atom is 0.227 e. The van der Waals surface area contributed by atoms with Crippen molar-refractivity contribution in [1.29, 1.82) is 0 Å². The number of nitrogens with zero attached hydrogens (tertiary/aromatic N) is 1. The highest BCUT2D eigenvalue weighted by Gasteiger charge is 2.19. The van der Waals surface area contributed by atoms with E-state index in [1.165, 1.54) is 17.7 Å². The Morgan fingerprint density at radius 2 is 1.85 bits per heavy atom. The van der Waals surface area contributed by atoms with Gasteiger partial charge in [0, 0.05) is 35.9 Å². The van der Waals surface area contributed by atoms with Gasteiger partial charge in [-0.15, -0.1) is 0 Å². The van der Waals surface area contributed by atoms with Gasteiger partial charge in [0.1, 0.15) is 5.75 Å². The van der Waals surface area contributed by atoms with Gasteiger partial charge in [-0.3, -0.25) is 9.36 Å². The molecule has 0 spiro atoms. The predicted molar refractivity (Wildman–Crippen MR) is 103 cm³/mol. The first-order valence-corrected chi connectivity index (χ1v) is 10.3. The molecule has 6 heteroatoms. The lowest BCUT2D eigenvalue weighted by Crippen LogP contribution is -2.03. The minimum absolute atomic E-state index is 0.139. The van der Waals surface area contributed by atoms with Crippen molar-refractivity contribution in [2.45, 2.75) is 25.2 Å². The number of sulfone groups is 1. The van der Waals surface area contributed by atoms with Gasteiger partial charge in [-0.2, -0.15) is 0 Å². The first-order valence-electron chi connectivity index (χ1n) is 8.41. The van der Waals surface area contributed by atoms with Gasteiger partial charge in [0.25, 0.3) is 0 Å². The van der Waals surface area contributed by atoms with Crippen molar-refractivity contribution in [1.82, 2.24) is 4.57 Å². The molecule has 0 atom stereocenters. The van der Waals surface area contributed by atoms with E-state index in [2.05, 4.69) is 0 Å². The van der Waals surface area contributed by atoms with Crippen molar-refractivity contribution in [3.8, 4) is 16.9 Å². The number of aromatic nitrogens is 1. The number of benzene rings is 2. The number of rotatable bonds is 5. The fourth-order valence-corrected chi connectivity index (χ4v) is 3.91. The summed E-state index contributed by atoms with van der Waals surface area (Å²) in [7, 11) is -3.41. The molecular formula is C20H21NO4S. The molecule has 5 nitrogen and oxygen atoms in total. The van der Waals surface area contributed by atoms with Crippen LogP contribution in [0.1, 0.15) is 25.1 Å². The first-order chi connectivity index (χ1) is 12.3. The molecule has 1 heterocycles. The highest BCUT2D eigenvalue weighted by Crippen LogP contribution is 2.36. The van der Waals surface area contributed by atoms with Crippen LogP contribution in [0.3, 0.4) is 0 Å². The van der Waals surface area contributed by atoms with Crippen molar-refractivity contribution in [2.24, 2.45) is 0 Å². The first kappa shape index (κ1) is 18.2. The highest BCUT2D eigenvalue weighted by molar-refractivity contribution is 7.90. The lowest BCUT2D eigenvalue weighted by atomic mass is 10.0. The van der Waals surface area contributed by atoms with Crippen LogP contribution in [0.15, 0.2) is 53.6 Å². The Morgan fingerprint density at radius 1 is 1.12 bits per heavy atom. The summed E-state index contributed by atoms with van der Waals surface area (Å²) >= 11 is 0. The number of fused-ring (bicyclic) bond motifs is 1. The molecule has 3 rings (SSSR count). The van der Waals surface area contributed by atoms with Crippen molar-refractivity contribution >= 4 is 26.6 Å². The third-order valence-electron chi connectivity index (χ3n) is 4.16. The third kappa shape index (κ3) is 3.37. The van der Waals surface area contributed by atoms with Crippen LogP contribution < -0.4 is 4.74 Å². The second-order valence-electron chi connectivity index (χ2n) is 6.23. The summed E-state index contributed by atoms with van der Waals surface area (Å²) in [5.74, 6) is 0.555. The largest absolute Gasteiger partial charge is 0.494 e. The van der Waals surface area contributed by atoms with Crippen LogP contribution in [-0.2, 0) is 9.84 Å². The zero-order chi connectivity index (χ0) is 18.9. The van der Waals surface area contributed by atoms with Crippen LogP contribution in [0.2, 0.25) is 0 Å². The molecule has 0 saturated carbocycles. The SMILES string of the molecule is CCCOc1ccc2c(c1)c(-c1ccccc1S(C)(=O)=O)cn2C(C)=O. The van der Waals surface area contributed by atoms with E-state index in [1.807, 2.05) is 25.1 Å². The molecule has 1 aromatic heterocycles. The molecule has 0 aliphatic carbocycles. The minimum atomic E-state index is -3.41. The molecular weight excluding hydrogens is 350 g/mol. The normalized spacial score (nSPS) is 11.7. The Morgan fingerprint density at radius 3 is 2.50 bits per heavy atom. The molecule has 0 bridgehead atoms. The highest BCUT2D eigenvalue weighted by atomic mass is 32.2. The summed E-state index contributed by atoms with van der Waals surface area (Å²) < 4.78 is 31.7. The van der Waals surface area contributed by atoms with E-state index in [1.54, 1.807) is 30.5 Å². The maximum absolute atomic E-state index is 12.2. The van der Waals surface area contributed by atoms with Gasteiger partial charge in [-0.1, -0.05) is 25.1 Å². The number of carbonyl (C=O) groups is 1. The predicted octanol–water partition coefficient (Wildman–Crippen LogP) is 4.16.